The summed E-state index contributed by atoms with van der Waals surface area (Å²) in [7, 11) is 0. The summed E-state index contributed by atoms with van der Waals surface area (Å²) in [6.45, 7) is 8.17. The third-order valence-electron chi connectivity index (χ3n) is 3.49. The van der Waals surface area contributed by atoms with Gasteiger partial charge in [0, 0.05) is 6.42 Å². The number of hydrogen-bond donors (Lipinski definition) is 2. The first-order valence-corrected chi connectivity index (χ1v) is 7.59. The number of benzene rings is 1. The summed E-state index contributed by atoms with van der Waals surface area (Å²) in [5.74, 6) is 0.912. The molecule has 0 bridgehead atoms. The van der Waals surface area contributed by atoms with Gasteiger partial charge in [-0.15, -0.1) is 0 Å². The van der Waals surface area contributed by atoms with Crippen LogP contribution >= 0.6 is 0 Å². The Balaban J connectivity index is 2.47. The molecule has 1 aliphatic rings. The second kappa shape index (κ2) is 6.06. The lowest BCUT2D eigenvalue weighted by atomic mass is 9.90. The van der Waals surface area contributed by atoms with E-state index in [9.17, 15) is 10.2 Å². The van der Waals surface area contributed by atoms with Crippen molar-refractivity contribution in [1.29, 1.82) is 0 Å². The number of aliphatic hydroxyl groups excluding tert-OH is 1. The summed E-state index contributed by atoms with van der Waals surface area (Å²) >= 11 is 0. The lowest BCUT2D eigenvalue weighted by Crippen LogP contribution is -2.36. The molecule has 0 amide bonds. The van der Waals surface area contributed by atoms with E-state index in [1.807, 2.05) is 19.9 Å². The first-order chi connectivity index (χ1) is 9.82. The van der Waals surface area contributed by atoms with E-state index in [-0.39, 0.29) is 11.4 Å². The minimum absolute atomic E-state index is 0.218. The summed E-state index contributed by atoms with van der Waals surface area (Å²) < 4.78 is 6.02. The Kier molecular flexibility index (Phi) is 4.57. The zero-order valence-corrected chi connectivity index (χ0v) is 13.3. The van der Waals surface area contributed by atoms with Crippen molar-refractivity contribution in [3.8, 4) is 11.5 Å². The molecule has 2 rings (SSSR count). The number of rotatable bonds is 4. The van der Waals surface area contributed by atoms with E-state index in [0.717, 1.165) is 24.1 Å². The van der Waals surface area contributed by atoms with E-state index in [4.69, 9.17) is 4.74 Å². The summed E-state index contributed by atoms with van der Waals surface area (Å²) in [5, 5.41) is 19.8. The highest BCUT2D eigenvalue weighted by Crippen LogP contribution is 2.39. The van der Waals surface area contributed by atoms with Crippen molar-refractivity contribution in [1.82, 2.24) is 0 Å². The van der Waals surface area contributed by atoms with Crippen LogP contribution in [0.5, 0.6) is 11.5 Å². The maximum Gasteiger partial charge on any atom is 0.133 e. The second-order valence-corrected chi connectivity index (χ2v) is 6.41. The van der Waals surface area contributed by atoms with Gasteiger partial charge in [0.25, 0.3) is 0 Å². The largest absolute Gasteiger partial charge is 0.507 e. The number of aryl methyl sites for hydroxylation is 1. The monoisotopic (exact) mass is 291 g/mol. The molecule has 0 spiro atoms. The molecule has 0 fully saturated rings. The number of aromatic hydroxyl groups is 1. The number of aliphatic hydroxyl groups is 1. The van der Waals surface area contributed by atoms with Crippen molar-refractivity contribution in [3.05, 3.63) is 23.3 Å². The topological polar surface area (TPSA) is 62.0 Å². The maximum absolute atomic E-state index is 10.3. The summed E-state index contributed by atoms with van der Waals surface area (Å²) in [5.41, 5.74) is 2.20. The number of hydrogen-bond acceptors (Lipinski definition) is 4. The number of ether oxygens (including phenoxy) is 1. The van der Waals surface area contributed by atoms with Gasteiger partial charge in [0.2, 0.25) is 0 Å². The zero-order valence-electron chi connectivity index (χ0n) is 13.3. The van der Waals surface area contributed by atoms with Crippen LogP contribution in [0.1, 0.15) is 51.7 Å². The maximum atomic E-state index is 10.3. The van der Waals surface area contributed by atoms with Gasteiger partial charge in [-0.1, -0.05) is 13.3 Å². The predicted molar refractivity (Wildman–Crippen MR) is 84.5 cm³/mol. The van der Waals surface area contributed by atoms with Gasteiger partial charge in [-0.2, -0.15) is 0 Å². The lowest BCUT2D eigenvalue weighted by molar-refractivity contribution is 0.110. The van der Waals surface area contributed by atoms with E-state index in [0.29, 0.717) is 24.3 Å². The Labute approximate surface area is 126 Å². The molecule has 1 aromatic rings. The molecular weight excluding hydrogens is 266 g/mol. The first kappa shape index (κ1) is 15.8. The van der Waals surface area contributed by atoms with Gasteiger partial charge in [0.1, 0.15) is 17.1 Å². The third kappa shape index (κ3) is 3.76. The SMILES string of the molecule is CCCc1cc(O)c2c(c1)OC(C)(C)CC2=NCC(C)O. The van der Waals surface area contributed by atoms with E-state index < -0.39 is 6.10 Å². The van der Waals surface area contributed by atoms with Gasteiger partial charge < -0.3 is 14.9 Å². The molecule has 1 aliphatic heterocycles. The average Bonchev–Trinajstić information content (AvgIpc) is 2.34. The Hall–Kier alpha value is -1.55. The fourth-order valence-electron chi connectivity index (χ4n) is 2.66. The van der Waals surface area contributed by atoms with Gasteiger partial charge in [0.15, 0.2) is 0 Å². The summed E-state index contributed by atoms with van der Waals surface area (Å²) in [6, 6.07) is 3.79. The van der Waals surface area contributed by atoms with Crippen LogP contribution in [0, 0.1) is 0 Å². The van der Waals surface area contributed by atoms with Gasteiger partial charge in [-0.25, -0.2) is 0 Å². The van der Waals surface area contributed by atoms with Crippen molar-refractivity contribution in [3.63, 3.8) is 0 Å². The highest BCUT2D eigenvalue weighted by Gasteiger charge is 2.33. The van der Waals surface area contributed by atoms with Crippen LogP contribution in [-0.4, -0.2) is 34.2 Å². The van der Waals surface area contributed by atoms with Crippen LogP contribution in [0.3, 0.4) is 0 Å². The Bertz CT molecular complexity index is 547. The molecule has 0 radical (unpaired) electrons. The predicted octanol–water partition coefficient (Wildman–Crippen LogP) is 3.08. The molecule has 2 N–H and O–H groups in total. The van der Waals surface area contributed by atoms with Crippen molar-refractivity contribution in [2.75, 3.05) is 6.54 Å². The standard InChI is InChI=1S/C17H25NO3/c1-5-6-12-7-14(20)16-13(18-10-11(2)19)9-17(3,4)21-15(16)8-12/h7-8,11,19-20H,5-6,9-10H2,1-4H3. The summed E-state index contributed by atoms with van der Waals surface area (Å²) in [4.78, 5) is 4.48. The van der Waals surface area contributed by atoms with Gasteiger partial charge in [-0.3, -0.25) is 4.99 Å². The molecule has 0 saturated carbocycles. The van der Waals surface area contributed by atoms with Gasteiger partial charge >= 0.3 is 0 Å². The molecule has 21 heavy (non-hydrogen) atoms. The van der Waals surface area contributed by atoms with Crippen molar-refractivity contribution in [2.45, 2.75) is 58.7 Å². The molecule has 1 unspecified atom stereocenters. The second-order valence-electron chi connectivity index (χ2n) is 6.41. The molecule has 1 heterocycles. The van der Waals surface area contributed by atoms with E-state index >= 15 is 0 Å². The Morgan fingerprint density at radius 1 is 1.38 bits per heavy atom. The number of aliphatic imine (C=N–C) groups is 1. The van der Waals surface area contributed by atoms with Crippen LogP contribution in [0.2, 0.25) is 0 Å². The molecule has 116 valence electrons. The number of nitrogens with zero attached hydrogens (tertiary/aromatic N) is 1. The van der Waals surface area contributed by atoms with Crippen LogP contribution in [0.4, 0.5) is 0 Å². The quantitative estimate of drug-likeness (QED) is 0.896. The van der Waals surface area contributed by atoms with Crippen LogP contribution in [-0.2, 0) is 6.42 Å². The zero-order chi connectivity index (χ0) is 15.6. The molecule has 1 atom stereocenters. The third-order valence-corrected chi connectivity index (χ3v) is 3.49. The molecule has 4 heteroatoms. The normalized spacial score (nSPS) is 20.0. The van der Waals surface area contributed by atoms with E-state index in [2.05, 4.69) is 11.9 Å². The fourth-order valence-corrected chi connectivity index (χ4v) is 2.66. The van der Waals surface area contributed by atoms with Crippen molar-refractivity contribution >= 4 is 5.71 Å². The first-order valence-electron chi connectivity index (χ1n) is 7.59. The van der Waals surface area contributed by atoms with Gasteiger partial charge in [0.05, 0.1) is 23.9 Å². The number of phenols is 1. The van der Waals surface area contributed by atoms with E-state index in [1.54, 1.807) is 13.0 Å². The van der Waals surface area contributed by atoms with Crippen LogP contribution in [0.15, 0.2) is 17.1 Å². The minimum Gasteiger partial charge on any atom is -0.507 e. The van der Waals surface area contributed by atoms with Crippen molar-refractivity contribution < 1.29 is 14.9 Å². The highest BCUT2D eigenvalue weighted by atomic mass is 16.5. The molecule has 0 aromatic heterocycles. The number of fused-ring (bicyclic) bond motifs is 1. The van der Waals surface area contributed by atoms with Crippen LogP contribution in [0.25, 0.3) is 0 Å². The van der Waals surface area contributed by atoms with Crippen molar-refractivity contribution in [2.24, 2.45) is 4.99 Å². The molecular formula is C17H25NO3. The van der Waals surface area contributed by atoms with Crippen LogP contribution < -0.4 is 4.74 Å². The molecule has 0 saturated heterocycles. The highest BCUT2D eigenvalue weighted by molar-refractivity contribution is 6.06. The smallest absolute Gasteiger partial charge is 0.133 e. The Morgan fingerprint density at radius 3 is 2.71 bits per heavy atom. The molecule has 4 nitrogen and oxygen atoms in total. The molecule has 1 aromatic carbocycles. The lowest BCUT2D eigenvalue weighted by Gasteiger charge is -2.34. The van der Waals surface area contributed by atoms with Gasteiger partial charge in [-0.05, 0) is 44.9 Å². The summed E-state index contributed by atoms with van der Waals surface area (Å²) in [6.07, 6.45) is 2.05. The number of phenolic OH excluding ortho intramolecular Hbond substituents is 1. The minimum atomic E-state index is -0.492. The van der Waals surface area contributed by atoms with E-state index in [1.165, 1.54) is 0 Å². The fraction of sp³-hybridized carbons (Fsp3) is 0.588. The molecule has 0 aliphatic carbocycles. The average molecular weight is 291 g/mol. The Morgan fingerprint density at radius 2 is 2.10 bits per heavy atom.